The van der Waals surface area contributed by atoms with Gasteiger partial charge >= 0.3 is 0 Å². The highest BCUT2D eigenvalue weighted by Crippen LogP contribution is 2.38. The summed E-state index contributed by atoms with van der Waals surface area (Å²) in [6.45, 7) is 6.54. The van der Waals surface area contributed by atoms with Gasteiger partial charge in [0.1, 0.15) is 17.2 Å². The largest absolute Gasteiger partial charge is 0.496 e. The molecule has 5 nitrogen and oxygen atoms in total. The van der Waals surface area contributed by atoms with Gasteiger partial charge in [-0.05, 0) is 20.8 Å². The molecule has 1 atom stereocenters. The number of hydrogen-bond acceptors (Lipinski definition) is 5. The smallest absolute Gasteiger partial charge is 0.132 e. The lowest BCUT2D eigenvalue weighted by molar-refractivity contribution is 0.155. The van der Waals surface area contributed by atoms with E-state index in [-0.39, 0.29) is 5.54 Å². The number of methoxy groups -OCH3 is 3. The lowest BCUT2D eigenvalue weighted by Gasteiger charge is -2.25. The third-order valence-electron chi connectivity index (χ3n) is 2.91. The Morgan fingerprint density at radius 3 is 1.90 bits per heavy atom. The molecule has 20 heavy (non-hydrogen) atoms. The van der Waals surface area contributed by atoms with Gasteiger partial charge in [0.2, 0.25) is 0 Å². The van der Waals surface area contributed by atoms with Crippen LogP contribution in [0.3, 0.4) is 0 Å². The van der Waals surface area contributed by atoms with Gasteiger partial charge in [-0.1, -0.05) is 0 Å². The Bertz CT molecular complexity index is 415. The van der Waals surface area contributed by atoms with E-state index in [1.54, 1.807) is 33.5 Å². The first kappa shape index (κ1) is 16.6. The Labute approximate surface area is 120 Å². The van der Waals surface area contributed by atoms with Gasteiger partial charge in [-0.15, -0.1) is 0 Å². The zero-order chi connectivity index (χ0) is 15.3. The highest BCUT2D eigenvalue weighted by molar-refractivity contribution is 5.52. The van der Waals surface area contributed by atoms with Crippen LogP contribution in [0.1, 0.15) is 32.4 Å². The second kappa shape index (κ2) is 6.81. The van der Waals surface area contributed by atoms with Crippen molar-refractivity contribution >= 4 is 0 Å². The van der Waals surface area contributed by atoms with Crippen molar-refractivity contribution < 1.29 is 19.3 Å². The normalized spacial score (nSPS) is 12.9. The molecule has 0 heterocycles. The topological polar surface area (TPSA) is 60.0 Å². The Hall–Kier alpha value is -1.46. The molecule has 0 saturated carbocycles. The molecule has 5 heteroatoms. The summed E-state index contributed by atoms with van der Waals surface area (Å²) >= 11 is 0. The summed E-state index contributed by atoms with van der Waals surface area (Å²) in [6.07, 6.45) is -0.731. The quantitative estimate of drug-likeness (QED) is 0.837. The van der Waals surface area contributed by atoms with Crippen molar-refractivity contribution in [3.8, 4) is 17.2 Å². The van der Waals surface area contributed by atoms with E-state index in [1.165, 1.54) is 0 Å². The zero-order valence-corrected chi connectivity index (χ0v) is 13.1. The summed E-state index contributed by atoms with van der Waals surface area (Å²) in [5.74, 6) is 1.72. The van der Waals surface area contributed by atoms with Gasteiger partial charge in [-0.3, -0.25) is 0 Å². The fourth-order valence-electron chi connectivity index (χ4n) is 1.87. The van der Waals surface area contributed by atoms with Crippen LogP contribution in [0.2, 0.25) is 0 Å². The number of benzene rings is 1. The minimum atomic E-state index is -0.731. The molecule has 1 rings (SSSR count). The Morgan fingerprint density at radius 2 is 1.55 bits per heavy atom. The van der Waals surface area contributed by atoms with Gasteiger partial charge in [-0.25, -0.2) is 0 Å². The molecular formula is C15H25NO4. The standard InChI is InChI=1S/C15H25NO4/c1-15(2,3)16-9-11(17)14-12(19-5)7-10(18-4)8-13(14)20-6/h7-8,11,16-17H,9H2,1-6H3. The molecule has 0 aliphatic heterocycles. The van der Waals surface area contributed by atoms with E-state index in [9.17, 15) is 5.11 Å². The van der Waals surface area contributed by atoms with Crippen LogP contribution in [0.4, 0.5) is 0 Å². The molecule has 0 bridgehead atoms. The maximum Gasteiger partial charge on any atom is 0.132 e. The van der Waals surface area contributed by atoms with Gasteiger partial charge in [-0.2, -0.15) is 0 Å². The average Bonchev–Trinajstić information content (AvgIpc) is 2.42. The zero-order valence-electron chi connectivity index (χ0n) is 13.1. The lowest BCUT2D eigenvalue weighted by atomic mass is 10.0. The summed E-state index contributed by atoms with van der Waals surface area (Å²) in [6, 6.07) is 3.47. The first-order valence-electron chi connectivity index (χ1n) is 6.55. The molecule has 0 radical (unpaired) electrons. The van der Waals surface area contributed by atoms with Crippen LogP contribution in [0.15, 0.2) is 12.1 Å². The van der Waals surface area contributed by atoms with Crippen molar-refractivity contribution in [3.63, 3.8) is 0 Å². The van der Waals surface area contributed by atoms with E-state index in [0.29, 0.717) is 29.4 Å². The van der Waals surface area contributed by atoms with Crippen LogP contribution in [0.5, 0.6) is 17.2 Å². The molecule has 0 aromatic heterocycles. The maximum atomic E-state index is 10.4. The molecule has 1 aromatic carbocycles. The second-order valence-corrected chi connectivity index (χ2v) is 5.59. The van der Waals surface area contributed by atoms with E-state index in [4.69, 9.17) is 14.2 Å². The molecule has 2 N–H and O–H groups in total. The third kappa shape index (κ3) is 4.28. The molecule has 114 valence electrons. The van der Waals surface area contributed by atoms with E-state index in [1.807, 2.05) is 20.8 Å². The summed E-state index contributed by atoms with van der Waals surface area (Å²) in [5, 5.41) is 13.7. The molecule has 0 aliphatic rings. The van der Waals surface area contributed by atoms with Crippen LogP contribution in [-0.4, -0.2) is 38.5 Å². The summed E-state index contributed by atoms with van der Waals surface area (Å²) in [4.78, 5) is 0. The monoisotopic (exact) mass is 283 g/mol. The first-order valence-corrected chi connectivity index (χ1v) is 6.55. The van der Waals surface area contributed by atoms with Gasteiger partial charge < -0.3 is 24.6 Å². The molecule has 0 aliphatic carbocycles. The van der Waals surface area contributed by atoms with Gasteiger partial charge in [0, 0.05) is 24.2 Å². The van der Waals surface area contributed by atoms with Crippen molar-refractivity contribution in [1.29, 1.82) is 0 Å². The highest BCUT2D eigenvalue weighted by Gasteiger charge is 2.22. The fourth-order valence-corrected chi connectivity index (χ4v) is 1.87. The second-order valence-electron chi connectivity index (χ2n) is 5.59. The van der Waals surface area contributed by atoms with Crippen molar-refractivity contribution in [2.45, 2.75) is 32.4 Å². The third-order valence-corrected chi connectivity index (χ3v) is 2.91. The van der Waals surface area contributed by atoms with Crippen LogP contribution in [-0.2, 0) is 0 Å². The van der Waals surface area contributed by atoms with Crippen molar-refractivity contribution in [2.24, 2.45) is 0 Å². The van der Waals surface area contributed by atoms with Crippen LogP contribution in [0.25, 0.3) is 0 Å². The Morgan fingerprint density at radius 1 is 1.05 bits per heavy atom. The lowest BCUT2D eigenvalue weighted by Crippen LogP contribution is -2.38. The summed E-state index contributed by atoms with van der Waals surface area (Å²) < 4.78 is 15.9. The Balaban J connectivity index is 3.08. The predicted octanol–water partition coefficient (Wildman–Crippen LogP) is 2.13. The number of β-amino-alcohol motifs (C(OH)–C–C–N with tert-alkyl or cyclic N) is 1. The first-order chi connectivity index (χ1) is 9.32. The molecule has 0 fully saturated rings. The van der Waals surface area contributed by atoms with Gasteiger partial charge in [0.25, 0.3) is 0 Å². The summed E-state index contributed by atoms with van der Waals surface area (Å²) in [7, 11) is 4.69. The van der Waals surface area contributed by atoms with E-state index in [0.717, 1.165) is 0 Å². The predicted molar refractivity (Wildman–Crippen MR) is 78.8 cm³/mol. The molecule has 1 unspecified atom stereocenters. The van der Waals surface area contributed by atoms with E-state index < -0.39 is 6.10 Å². The van der Waals surface area contributed by atoms with Crippen molar-refractivity contribution in [2.75, 3.05) is 27.9 Å². The minimum Gasteiger partial charge on any atom is -0.496 e. The van der Waals surface area contributed by atoms with Crippen molar-refractivity contribution in [1.82, 2.24) is 5.32 Å². The SMILES string of the molecule is COc1cc(OC)c(C(O)CNC(C)(C)C)c(OC)c1. The molecular weight excluding hydrogens is 258 g/mol. The number of aliphatic hydroxyl groups is 1. The van der Waals surface area contributed by atoms with Gasteiger partial charge in [0.05, 0.1) is 33.0 Å². The molecule has 1 aromatic rings. The fraction of sp³-hybridized carbons (Fsp3) is 0.600. The number of rotatable bonds is 6. The average molecular weight is 283 g/mol. The number of hydrogen-bond donors (Lipinski definition) is 2. The van der Waals surface area contributed by atoms with E-state index in [2.05, 4.69) is 5.32 Å². The van der Waals surface area contributed by atoms with E-state index >= 15 is 0 Å². The highest BCUT2D eigenvalue weighted by atomic mass is 16.5. The van der Waals surface area contributed by atoms with Crippen LogP contribution in [0, 0.1) is 0 Å². The van der Waals surface area contributed by atoms with Crippen LogP contribution >= 0.6 is 0 Å². The molecule has 0 amide bonds. The number of aliphatic hydroxyl groups excluding tert-OH is 1. The maximum absolute atomic E-state index is 10.4. The van der Waals surface area contributed by atoms with Crippen LogP contribution < -0.4 is 19.5 Å². The number of ether oxygens (including phenoxy) is 3. The summed E-state index contributed by atoms with van der Waals surface area (Å²) in [5.41, 5.74) is 0.543. The minimum absolute atomic E-state index is 0.0755. The Kier molecular flexibility index (Phi) is 5.65. The molecule has 0 spiro atoms. The number of nitrogens with one attached hydrogen (secondary N) is 1. The van der Waals surface area contributed by atoms with Gasteiger partial charge in [0.15, 0.2) is 0 Å². The molecule has 0 saturated heterocycles. The van der Waals surface area contributed by atoms with Crippen molar-refractivity contribution in [3.05, 3.63) is 17.7 Å².